The van der Waals surface area contributed by atoms with Crippen molar-refractivity contribution in [1.82, 2.24) is 20.4 Å². The van der Waals surface area contributed by atoms with Crippen molar-refractivity contribution in [3.05, 3.63) is 70.9 Å². The third-order valence-corrected chi connectivity index (χ3v) is 9.10. The molecule has 12 heteroatoms. The molecular weight excluding hydrogens is 681 g/mol. The molecule has 2 amide bonds. The van der Waals surface area contributed by atoms with E-state index >= 15 is 0 Å². The Labute approximate surface area is 326 Å². The number of aliphatic hydroxyl groups excluding tert-OH is 1. The summed E-state index contributed by atoms with van der Waals surface area (Å²) >= 11 is 0. The molecular formula is C42H74N8O4. The molecule has 1 aliphatic heterocycles. The third-order valence-electron chi connectivity index (χ3n) is 9.10. The van der Waals surface area contributed by atoms with Gasteiger partial charge in [0.1, 0.15) is 0 Å². The van der Waals surface area contributed by atoms with Crippen LogP contribution in [0.5, 0.6) is 0 Å². The van der Waals surface area contributed by atoms with E-state index in [1.807, 2.05) is 53.4 Å². The second-order valence-corrected chi connectivity index (χ2v) is 14.8. The van der Waals surface area contributed by atoms with E-state index in [-0.39, 0.29) is 30.6 Å². The van der Waals surface area contributed by atoms with Crippen LogP contribution in [0.25, 0.3) is 5.70 Å². The van der Waals surface area contributed by atoms with Crippen LogP contribution < -0.4 is 33.6 Å². The number of ether oxygens (including phenoxy) is 1. The highest BCUT2D eigenvalue weighted by molar-refractivity contribution is 5.77. The molecule has 0 spiro atoms. The number of hydrogen-bond donors (Lipinski definition) is 7. The number of nitrogens with zero attached hydrogens (tertiary/aromatic N) is 2. The number of rotatable bonds is 20. The van der Waals surface area contributed by atoms with Gasteiger partial charge < -0.3 is 48.3 Å². The van der Waals surface area contributed by atoms with Crippen LogP contribution in [0.3, 0.4) is 0 Å². The zero-order chi connectivity index (χ0) is 40.4. The first-order valence-electron chi connectivity index (χ1n) is 19.9. The highest BCUT2D eigenvalue weighted by Gasteiger charge is 2.25. The highest BCUT2D eigenvalue weighted by Crippen LogP contribution is 2.22. The lowest BCUT2D eigenvalue weighted by Crippen LogP contribution is -2.49. The maximum atomic E-state index is 12.8. The van der Waals surface area contributed by atoms with Gasteiger partial charge in [-0.1, -0.05) is 89.4 Å². The Balaban J connectivity index is 0.00000145. The quantitative estimate of drug-likeness (QED) is 0.0942. The fraction of sp³-hybridized carbons (Fsp3) is 0.619. The third kappa shape index (κ3) is 20.7. The van der Waals surface area contributed by atoms with E-state index in [2.05, 4.69) is 57.1 Å². The number of nitrogen functional groups attached to an aromatic ring is 1. The van der Waals surface area contributed by atoms with Gasteiger partial charge in [0.2, 0.25) is 11.8 Å². The van der Waals surface area contributed by atoms with Gasteiger partial charge in [-0.25, -0.2) is 0 Å². The molecule has 0 saturated carbocycles. The number of aliphatic hydroxyl groups is 1. The summed E-state index contributed by atoms with van der Waals surface area (Å²) in [7, 11) is 0. The van der Waals surface area contributed by atoms with Gasteiger partial charge in [0.25, 0.3) is 0 Å². The van der Waals surface area contributed by atoms with E-state index in [4.69, 9.17) is 32.8 Å². The summed E-state index contributed by atoms with van der Waals surface area (Å²) in [6.07, 6.45) is 6.75. The van der Waals surface area contributed by atoms with Gasteiger partial charge in [-0.2, -0.15) is 0 Å². The SMILES string of the molecule is CC(C)CCOC(C)(C)CCC(=O)N1CCN(CCC(=O)NCc2ccc(CN/C(=C(\N)CN)c3ccccc3N)cc2)CC1.CCCCC.NCCO. The Morgan fingerprint density at radius 3 is 1.98 bits per heavy atom. The summed E-state index contributed by atoms with van der Waals surface area (Å²) in [5.74, 6) is 0.816. The first-order chi connectivity index (χ1) is 25.8. The minimum absolute atomic E-state index is 0.0198. The zero-order valence-electron chi connectivity index (χ0n) is 34.3. The molecule has 11 N–H and O–H groups in total. The van der Waals surface area contributed by atoms with Crippen molar-refractivity contribution in [1.29, 1.82) is 0 Å². The van der Waals surface area contributed by atoms with E-state index in [0.717, 1.165) is 54.9 Å². The Hall–Kier alpha value is -3.68. The first-order valence-corrected chi connectivity index (χ1v) is 19.9. The summed E-state index contributed by atoms with van der Waals surface area (Å²) in [5, 5.41) is 14.2. The monoisotopic (exact) mass is 755 g/mol. The molecule has 1 aliphatic rings. The molecule has 0 bridgehead atoms. The molecule has 1 heterocycles. The van der Waals surface area contributed by atoms with Crippen molar-refractivity contribution in [2.45, 2.75) is 105 Å². The maximum Gasteiger partial charge on any atom is 0.222 e. The molecule has 0 unspecified atom stereocenters. The second-order valence-electron chi connectivity index (χ2n) is 14.8. The van der Waals surface area contributed by atoms with Crippen molar-refractivity contribution in [3.63, 3.8) is 0 Å². The molecule has 0 atom stereocenters. The number of amides is 2. The first kappa shape index (κ1) is 48.3. The molecule has 3 rings (SSSR count). The lowest BCUT2D eigenvalue weighted by atomic mass is 10.0. The summed E-state index contributed by atoms with van der Waals surface area (Å²) in [6, 6.07) is 15.6. The van der Waals surface area contributed by atoms with Gasteiger partial charge >= 0.3 is 0 Å². The van der Waals surface area contributed by atoms with E-state index in [0.29, 0.717) is 69.4 Å². The molecule has 2 aromatic rings. The predicted octanol–water partition coefficient (Wildman–Crippen LogP) is 4.55. The van der Waals surface area contributed by atoms with Crippen LogP contribution in [0.15, 0.2) is 54.2 Å². The summed E-state index contributed by atoms with van der Waals surface area (Å²) in [4.78, 5) is 29.5. The number of benzene rings is 2. The fourth-order valence-corrected chi connectivity index (χ4v) is 5.51. The van der Waals surface area contributed by atoms with Gasteiger partial charge in [-0.05, 0) is 49.8 Å². The Kier molecular flexibility index (Phi) is 24.9. The molecule has 54 heavy (non-hydrogen) atoms. The summed E-state index contributed by atoms with van der Waals surface area (Å²) < 4.78 is 6.02. The van der Waals surface area contributed by atoms with Crippen LogP contribution in [-0.2, 0) is 27.4 Å². The van der Waals surface area contributed by atoms with Gasteiger partial charge in [-0.3, -0.25) is 14.5 Å². The number of carbonyl (C=O) groups is 2. The number of para-hydroxylation sites is 1. The average molecular weight is 755 g/mol. The van der Waals surface area contributed by atoms with Gasteiger partial charge in [0.15, 0.2) is 0 Å². The second kappa shape index (κ2) is 27.8. The van der Waals surface area contributed by atoms with Crippen molar-refractivity contribution >= 4 is 23.2 Å². The number of unbranched alkanes of at least 4 members (excludes halogenated alkanes) is 2. The van der Waals surface area contributed by atoms with E-state index < -0.39 is 0 Å². The average Bonchev–Trinajstić information content (AvgIpc) is 3.17. The summed E-state index contributed by atoms with van der Waals surface area (Å²) in [5.41, 5.74) is 27.5. The zero-order valence-corrected chi connectivity index (χ0v) is 34.3. The Morgan fingerprint density at radius 2 is 1.48 bits per heavy atom. The number of nitrogens with one attached hydrogen (secondary N) is 2. The number of hydrogen-bond acceptors (Lipinski definition) is 10. The highest BCUT2D eigenvalue weighted by atomic mass is 16.5. The standard InChI is InChI=1S/C35H55N7O3.C5H12.C2H7NO/c1-26(2)15-22-45-35(3,4)16-13-33(44)42-20-18-41(19-21-42)17-14-32(43)39-24-27-9-11-28(12-10-27)25-40-34(31(38)23-36)29-7-5-6-8-30(29)37;1-3-5-4-2;3-1-2-4/h5-12,26,40H,13-25,36-38H2,1-4H3,(H,39,43);3-5H2,1-2H3;4H,1-3H2/b34-31-;;. The number of nitrogens with two attached hydrogens (primary N) is 4. The molecule has 0 radical (unpaired) electrons. The summed E-state index contributed by atoms with van der Waals surface area (Å²) in [6.45, 7) is 19.0. The predicted molar refractivity (Wildman–Crippen MR) is 224 cm³/mol. The molecule has 0 aliphatic carbocycles. The van der Waals surface area contributed by atoms with Crippen LogP contribution in [-0.4, -0.2) is 91.3 Å². The minimum atomic E-state index is -0.294. The van der Waals surface area contributed by atoms with Crippen LogP contribution in [0.4, 0.5) is 5.69 Å². The van der Waals surface area contributed by atoms with E-state index in [1.54, 1.807) is 0 Å². The molecule has 0 aromatic heterocycles. The van der Waals surface area contributed by atoms with Crippen molar-refractivity contribution in [2.24, 2.45) is 23.1 Å². The Bertz CT molecular complexity index is 1340. The molecule has 306 valence electrons. The maximum absolute atomic E-state index is 12.8. The van der Waals surface area contributed by atoms with Crippen LogP contribution in [0, 0.1) is 5.92 Å². The topological polar surface area (TPSA) is 198 Å². The van der Waals surface area contributed by atoms with E-state index in [9.17, 15) is 9.59 Å². The molecule has 1 saturated heterocycles. The number of carbonyl (C=O) groups excluding carboxylic acids is 2. The van der Waals surface area contributed by atoms with Crippen molar-refractivity contribution in [2.75, 3.05) is 64.8 Å². The minimum Gasteiger partial charge on any atom is -0.399 e. The number of piperazine rings is 1. The van der Waals surface area contributed by atoms with Crippen LogP contribution in [0.2, 0.25) is 0 Å². The fourth-order valence-electron chi connectivity index (χ4n) is 5.51. The normalized spacial score (nSPS) is 13.6. The molecule has 1 fully saturated rings. The lowest BCUT2D eigenvalue weighted by molar-refractivity contribution is -0.135. The Morgan fingerprint density at radius 1 is 0.907 bits per heavy atom. The largest absolute Gasteiger partial charge is 0.399 e. The van der Waals surface area contributed by atoms with Crippen LogP contribution >= 0.6 is 0 Å². The van der Waals surface area contributed by atoms with Crippen molar-refractivity contribution in [3.8, 4) is 0 Å². The van der Waals surface area contributed by atoms with Crippen molar-refractivity contribution < 1.29 is 19.4 Å². The van der Waals surface area contributed by atoms with E-state index in [1.165, 1.54) is 19.3 Å². The number of anilines is 1. The molecule has 2 aromatic carbocycles. The smallest absolute Gasteiger partial charge is 0.222 e. The van der Waals surface area contributed by atoms with Gasteiger partial charge in [0.05, 0.1) is 17.9 Å². The van der Waals surface area contributed by atoms with Gasteiger partial charge in [-0.15, -0.1) is 0 Å². The van der Waals surface area contributed by atoms with Crippen LogP contribution in [0.1, 0.15) is 103 Å². The van der Waals surface area contributed by atoms with Gasteiger partial charge in [0, 0.05) is 95.3 Å². The molecule has 12 nitrogen and oxygen atoms in total. The lowest BCUT2D eigenvalue weighted by Gasteiger charge is -2.35.